The standard InChI is InChI=1S/C10H9N3O2S/c1-11-10(15)9-8(12-13-16-9)6-4-2-3-5-7(6)14/h2-5,14H,1H3,(H,11,15). The molecule has 0 aliphatic carbocycles. The number of aromatic nitrogens is 2. The highest BCUT2D eigenvalue weighted by Crippen LogP contribution is 2.30. The van der Waals surface area contributed by atoms with E-state index in [1.807, 2.05) is 0 Å². The Morgan fingerprint density at radius 1 is 1.44 bits per heavy atom. The summed E-state index contributed by atoms with van der Waals surface area (Å²) in [7, 11) is 1.54. The highest BCUT2D eigenvalue weighted by molar-refractivity contribution is 7.08. The fourth-order valence-electron chi connectivity index (χ4n) is 1.30. The number of aromatic hydroxyl groups is 1. The average Bonchev–Trinajstić information content (AvgIpc) is 2.77. The zero-order valence-electron chi connectivity index (χ0n) is 8.47. The van der Waals surface area contributed by atoms with Gasteiger partial charge in [-0.05, 0) is 23.7 Å². The summed E-state index contributed by atoms with van der Waals surface area (Å²) in [6, 6.07) is 6.71. The molecule has 0 atom stereocenters. The zero-order valence-corrected chi connectivity index (χ0v) is 9.28. The topological polar surface area (TPSA) is 75.1 Å². The Balaban J connectivity index is 2.53. The molecule has 0 aliphatic heterocycles. The van der Waals surface area contributed by atoms with Gasteiger partial charge in [0, 0.05) is 12.6 Å². The first kappa shape index (κ1) is 10.6. The van der Waals surface area contributed by atoms with Crippen LogP contribution >= 0.6 is 11.5 Å². The molecule has 2 aromatic rings. The SMILES string of the molecule is CNC(=O)c1snnc1-c1ccccc1O. The Morgan fingerprint density at radius 3 is 2.88 bits per heavy atom. The van der Waals surface area contributed by atoms with Crippen molar-refractivity contribution in [3.63, 3.8) is 0 Å². The van der Waals surface area contributed by atoms with Gasteiger partial charge >= 0.3 is 0 Å². The number of carbonyl (C=O) groups is 1. The molecule has 16 heavy (non-hydrogen) atoms. The number of rotatable bonds is 2. The molecule has 2 N–H and O–H groups in total. The van der Waals surface area contributed by atoms with E-state index in [1.165, 1.54) is 7.05 Å². The molecule has 1 amide bonds. The van der Waals surface area contributed by atoms with Crippen LogP contribution in [0.15, 0.2) is 24.3 Å². The van der Waals surface area contributed by atoms with Crippen molar-refractivity contribution in [1.29, 1.82) is 0 Å². The van der Waals surface area contributed by atoms with Gasteiger partial charge in [-0.25, -0.2) is 0 Å². The summed E-state index contributed by atoms with van der Waals surface area (Å²) in [6.07, 6.45) is 0. The number of phenols is 1. The van der Waals surface area contributed by atoms with Gasteiger partial charge in [-0.1, -0.05) is 16.6 Å². The Labute approximate surface area is 95.9 Å². The molecule has 0 unspecified atom stereocenters. The summed E-state index contributed by atoms with van der Waals surface area (Å²) in [5.74, 6) is -0.173. The fraction of sp³-hybridized carbons (Fsp3) is 0.100. The number of phenolic OH excluding ortho intramolecular Hbond substituents is 1. The van der Waals surface area contributed by atoms with E-state index < -0.39 is 0 Å². The van der Waals surface area contributed by atoms with Gasteiger partial charge in [0.25, 0.3) is 5.91 Å². The first-order chi connectivity index (χ1) is 7.74. The molecule has 2 rings (SSSR count). The molecule has 1 heterocycles. The molecule has 0 spiro atoms. The molecule has 0 bridgehead atoms. The van der Waals surface area contributed by atoms with Crippen molar-refractivity contribution in [2.45, 2.75) is 0 Å². The van der Waals surface area contributed by atoms with Gasteiger partial charge in [-0.2, -0.15) is 0 Å². The highest BCUT2D eigenvalue weighted by Gasteiger charge is 2.18. The van der Waals surface area contributed by atoms with Crippen LogP contribution in [0.2, 0.25) is 0 Å². The Morgan fingerprint density at radius 2 is 2.19 bits per heavy atom. The summed E-state index contributed by atoms with van der Waals surface area (Å²) >= 11 is 1.00. The molecule has 1 aromatic carbocycles. The molecule has 82 valence electrons. The third kappa shape index (κ3) is 1.74. The molecule has 0 saturated heterocycles. The number of nitrogens with one attached hydrogen (secondary N) is 1. The minimum atomic E-state index is -0.256. The van der Waals surface area contributed by atoms with E-state index >= 15 is 0 Å². The fourth-order valence-corrected chi connectivity index (χ4v) is 1.93. The van der Waals surface area contributed by atoms with Crippen molar-refractivity contribution in [2.24, 2.45) is 0 Å². The van der Waals surface area contributed by atoms with E-state index in [4.69, 9.17) is 0 Å². The molecular formula is C10H9N3O2S. The second-order valence-corrected chi connectivity index (χ2v) is 3.80. The minimum absolute atomic E-state index is 0.0837. The summed E-state index contributed by atoms with van der Waals surface area (Å²) in [5, 5.41) is 16.0. The van der Waals surface area contributed by atoms with Crippen molar-refractivity contribution < 1.29 is 9.90 Å². The lowest BCUT2D eigenvalue weighted by atomic mass is 10.1. The maximum atomic E-state index is 11.5. The predicted octanol–water partition coefficient (Wildman–Crippen LogP) is 1.27. The normalized spacial score (nSPS) is 10.1. The lowest BCUT2D eigenvalue weighted by molar-refractivity contribution is 0.0967. The van der Waals surface area contributed by atoms with Gasteiger partial charge < -0.3 is 10.4 Å². The zero-order chi connectivity index (χ0) is 11.5. The quantitative estimate of drug-likeness (QED) is 0.822. The van der Waals surface area contributed by atoms with Crippen molar-refractivity contribution in [1.82, 2.24) is 14.9 Å². The van der Waals surface area contributed by atoms with E-state index in [1.54, 1.807) is 24.3 Å². The molecule has 5 nitrogen and oxygen atoms in total. The monoisotopic (exact) mass is 235 g/mol. The van der Waals surface area contributed by atoms with Crippen molar-refractivity contribution in [3.8, 4) is 17.0 Å². The number of amides is 1. The largest absolute Gasteiger partial charge is 0.507 e. The van der Waals surface area contributed by atoms with E-state index in [0.717, 1.165) is 11.5 Å². The molecular weight excluding hydrogens is 226 g/mol. The van der Waals surface area contributed by atoms with Gasteiger partial charge in [0.15, 0.2) is 0 Å². The maximum absolute atomic E-state index is 11.5. The van der Waals surface area contributed by atoms with E-state index in [-0.39, 0.29) is 11.7 Å². The van der Waals surface area contributed by atoms with Gasteiger partial charge in [-0.3, -0.25) is 4.79 Å². The number of carbonyl (C=O) groups excluding carboxylic acids is 1. The lowest BCUT2D eigenvalue weighted by Gasteiger charge is -2.02. The van der Waals surface area contributed by atoms with Crippen LogP contribution in [-0.4, -0.2) is 27.6 Å². The second-order valence-electron chi connectivity index (χ2n) is 3.05. The number of hydrogen-bond donors (Lipinski definition) is 2. The molecule has 6 heteroatoms. The first-order valence-corrected chi connectivity index (χ1v) is 5.34. The summed E-state index contributed by atoms with van der Waals surface area (Å²) in [5.41, 5.74) is 0.914. The third-order valence-electron chi connectivity index (χ3n) is 2.08. The number of benzene rings is 1. The van der Waals surface area contributed by atoms with Crippen LogP contribution in [0.1, 0.15) is 9.67 Å². The lowest BCUT2D eigenvalue weighted by Crippen LogP contribution is -2.17. The van der Waals surface area contributed by atoms with Crippen LogP contribution in [-0.2, 0) is 0 Å². The third-order valence-corrected chi connectivity index (χ3v) is 2.81. The van der Waals surface area contributed by atoms with Crippen LogP contribution in [0.5, 0.6) is 5.75 Å². The van der Waals surface area contributed by atoms with Crippen LogP contribution in [0.3, 0.4) is 0 Å². The molecule has 1 aromatic heterocycles. The number of nitrogens with zero attached hydrogens (tertiary/aromatic N) is 2. The van der Waals surface area contributed by atoms with Crippen LogP contribution in [0, 0.1) is 0 Å². The van der Waals surface area contributed by atoms with Gasteiger partial charge in [0.05, 0.1) is 0 Å². The van der Waals surface area contributed by atoms with Crippen LogP contribution in [0.4, 0.5) is 0 Å². The smallest absolute Gasteiger partial charge is 0.265 e. The Bertz CT molecular complexity index is 524. The van der Waals surface area contributed by atoms with Crippen molar-refractivity contribution in [3.05, 3.63) is 29.1 Å². The van der Waals surface area contributed by atoms with Crippen LogP contribution < -0.4 is 5.32 Å². The van der Waals surface area contributed by atoms with Gasteiger partial charge in [0.2, 0.25) is 0 Å². The molecule has 0 aliphatic rings. The van der Waals surface area contributed by atoms with Gasteiger partial charge in [0.1, 0.15) is 16.3 Å². The summed E-state index contributed by atoms with van der Waals surface area (Å²) in [6.45, 7) is 0. The summed E-state index contributed by atoms with van der Waals surface area (Å²) < 4.78 is 3.73. The Kier molecular flexibility index (Phi) is 2.82. The van der Waals surface area contributed by atoms with Gasteiger partial charge in [-0.15, -0.1) is 5.10 Å². The van der Waals surface area contributed by atoms with E-state index in [0.29, 0.717) is 16.1 Å². The van der Waals surface area contributed by atoms with Crippen molar-refractivity contribution >= 4 is 17.4 Å². The summed E-state index contributed by atoms with van der Waals surface area (Å²) in [4.78, 5) is 11.9. The van der Waals surface area contributed by atoms with E-state index in [2.05, 4.69) is 14.9 Å². The predicted molar refractivity (Wildman–Crippen MR) is 60.4 cm³/mol. The molecule has 0 radical (unpaired) electrons. The minimum Gasteiger partial charge on any atom is -0.507 e. The number of para-hydroxylation sites is 1. The van der Waals surface area contributed by atoms with E-state index in [9.17, 15) is 9.90 Å². The number of hydrogen-bond acceptors (Lipinski definition) is 5. The van der Waals surface area contributed by atoms with Crippen LogP contribution in [0.25, 0.3) is 11.3 Å². The Hall–Kier alpha value is -1.95. The first-order valence-electron chi connectivity index (χ1n) is 4.57. The molecule has 0 saturated carbocycles. The second kappa shape index (κ2) is 4.28. The highest BCUT2D eigenvalue weighted by atomic mass is 32.1. The maximum Gasteiger partial charge on any atom is 0.265 e. The average molecular weight is 235 g/mol. The molecule has 0 fully saturated rings. The van der Waals surface area contributed by atoms with Crippen molar-refractivity contribution in [2.75, 3.05) is 7.05 Å².